The highest BCUT2D eigenvalue weighted by atomic mass is 16.5. The lowest BCUT2D eigenvalue weighted by molar-refractivity contribution is 0.0981. The number of anilines is 1. The molecule has 5 heteroatoms. The van der Waals surface area contributed by atoms with Crippen molar-refractivity contribution in [2.45, 2.75) is 19.8 Å². The monoisotopic (exact) mass is 339 g/mol. The highest BCUT2D eigenvalue weighted by Crippen LogP contribution is 2.32. The molecule has 1 heterocycles. The molecule has 130 valence electrons. The van der Waals surface area contributed by atoms with Crippen molar-refractivity contribution in [2.75, 3.05) is 25.7 Å². The molecule has 25 heavy (non-hydrogen) atoms. The first-order valence-electron chi connectivity index (χ1n) is 8.23. The van der Waals surface area contributed by atoms with Crippen LogP contribution in [-0.2, 0) is 6.42 Å². The number of hydrogen-bond donors (Lipinski definition) is 0. The molecule has 0 aliphatic carbocycles. The average Bonchev–Trinajstić information content (AvgIpc) is 2.65. The van der Waals surface area contributed by atoms with Crippen LogP contribution < -0.4 is 14.4 Å². The first-order chi connectivity index (χ1) is 12.0. The van der Waals surface area contributed by atoms with Crippen LogP contribution >= 0.6 is 0 Å². The van der Waals surface area contributed by atoms with Crippen molar-refractivity contribution in [2.24, 2.45) is 0 Å². The number of benzene rings is 2. The average molecular weight is 339 g/mol. The summed E-state index contributed by atoms with van der Waals surface area (Å²) in [5.41, 5.74) is 3.05. The van der Waals surface area contributed by atoms with E-state index in [-0.39, 0.29) is 11.7 Å². The predicted molar refractivity (Wildman–Crippen MR) is 96.0 cm³/mol. The third-order valence-corrected chi connectivity index (χ3v) is 4.49. The predicted octanol–water partition coefficient (Wildman–Crippen LogP) is 3.50. The molecule has 1 aliphatic heterocycles. The van der Waals surface area contributed by atoms with E-state index < -0.39 is 0 Å². The maximum atomic E-state index is 13.1. The second kappa shape index (κ2) is 6.97. The minimum absolute atomic E-state index is 0.00751. The van der Waals surface area contributed by atoms with Crippen LogP contribution in [0, 0.1) is 0 Å². The van der Waals surface area contributed by atoms with E-state index >= 15 is 0 Å². The van der Waals surface area contributed by atoms with Gasteiger partial charge in [-0.1, -0.05) is 12.1 Å². The quantitative estimate of drug-likeness (QED) is 0.800. The van der Waals surface area contributed by atoms with Gasteiger partial charge < -0.3 is 14.4 Å². The van der Waals surface area contributed by atoms with Crippen molar-refractivity contribution in [3.8, 4) is 11.5 Å². The van der Waals surface area contributed by atoms with Gasteiger partial charge in [-0.3, -0.25) is 9.59 Å². The summed E-state index contributed by atoms with van der Waals surface area (Å²) in [5, 5.41) is 0. The summed E-state index contributed by atoms with van der Waals surface area (Å²) in [6.45, 7) is 2.16. The van der Waals surface area contributed by atoms with E-state index in [9.17, 15) is 9.59 Å². The van der Waals surface area contributed by atoms with Gasteiger partial charge in [0.2, 0.25) is 0 Å². The van der Waals surface area contributed by atoms with Crippen LogP contribution in [-0.4, -0.2) is 32.5 Å². The van der Waals surface area contributed by atoms with E-state index in [1.807, 2.05) is 18.2 Å². The van der Waals surface area contributed by atoms with Gasteiger partial charge in [0.25, 0.3) is 5.91 Å². The zero-order valence-corrected chi connectivity index (χ0v) is 14.7. The van der Waals surface area contributed by atoms with Gasteiger partial charge in [-0.05, 0) is 49.6 Å². The van der Waals surface area contributed by atoms with Gasteiger partial charge in [-0.25, -0.2) is 0 Å². The lowest BCUT2D eigenvalue weighted by Crippen LogP contribution is -2.35. The Labute approximate surface area is 147 Å². The van der Waals surface area contributed by atoms with Crippen LogP contribution in [0.5, 0.6) is 11.5 Å². The van der Waals surface area contributed by atoms with E-state index in [1.54, 1.807) is 37.3 Å². The molecule has 0 N–H and O–H groups in total. The number of carbonyl (C=O) groups is 2. The summed E-state index contributed by atoms with van der Waals surface area (Å²) in [4.78, 5) is 26.5. The van der Waals surface area contributed by atoms with E-state index in [4.69, 9.17) is 9.47 Å². The summed E-state index contributed by atoms with van der Waals surface area (Å²) in [5.74, 6) is 0.981. The van der Waals surface area contributed by atoms with Gasteiger partial charge >= 0.3 is 0 Å². The Morgan fingerprint density at radius 1 is 0.960 bits per heavy atom. The Morgan fingerprint density at radius 3 is 2.36 bits per heavy atom. The Hall–Kier alpha value is -2.82. The Kier molecular flexibility index (Phi) is 4.74. The second-order valence-corrected chi connectivity index (χ2v) is 6.03. The van der Waals surface area contributed by atoms with Crippen molar-refractivity contribution in [1.82, 2.24) is 0 Å². The molecule has 0 bridgehead atoms. The molecule has 0 unspecified atom stereocenters. The summed E-state index contributed by atoms with van der Waals surface area (Å²) in [6, 6.07) is 10.7. The number of nitrogens with zero attached hydrogens (tertiary/aromatic N) is 1. The number of Topliss-reactive ketones (excluding diaryl/α,β-unsaturated/α-hetero) is 1. The number of carbonyl (C=O) groups excluding carboxylic acids is 2. The summed E-state index contributed by atoms with van der Waals surface area (Å²) in [7, 11) is 3.10. The van der Waals surface area contributed by atoms with Crippen LogP contribution in [0.25, 0.3) is 0 Å². The van der Waals surface area contributed by atoms with Crippen molar-refractivity contribution in [3.63, 3.8) is 0 Å². The van der Waals surface area contributed by atoms with E-state index in [2.05, 4.69) is 0 Å². The van der Waals surface area contributed by atoms with Crippen LogP contribution in [0.2, 0.25) is 0 Å². The molecule has 0 atom stereocenters. The van der Waals surface area contributed by atoms with Gasteiger partial charge in [0.1, 0.15) is 0 Å². The molecule has 3 rings (SSSR count). The molecule has 0 aromatic heterocycles. The van der Waals surface area contributed by atoms with E-state index in [0.717, 1.165) is 24.1 Å². The largest absolute Gasteiger partial charge is 0.493 e. The first-order valence-corrected chi connectivity index (χ1v) is 8.23. The van der Waals surface area contributed by atoms with Crippen LogP contribution in [0.15, 0.2) is 36.4 Å². The standard InChI is InChI=1S/C20H21NO4/c1-13(22)15-7-6-14-5-4-10-21(17(14)11-15)20(23)16-8-9-18(24-2)19(12-16)25-3/h6-9,11-12H,4-5,10H2,1-3H3. The van der Waals surface area contributed by atoms with Gasteiger partial charge in [-0.2, -0.15) is 0 Å². The number of fused-ring (bicyclic) bond motifs is 1. The molecule has 0 fully saturated rings. The SMILES string of the molecule is COc1ccc(C(=O)N2CCCc3ccc(C(C)=O)cc32)cc1OC. The highest BCUT2D eigenvalue weighted by Gasteiger charge is 2.25. The summed E-state index contributed by atoms with van der Waals surface area (Å²) < 4.78 is 10.5. The van der Waals surface area contributed by atoms with Gasteiger partial charge in [0.05, 0.1) is 14.2 Å². The summed E-state index contributed by atoms with van der Waals surface area (Å²) in [6.07, 6.45) is 1.80. The number of ether oxygens (including phenoxy) is 2. The molecule has 0 radical (unpaired) electrons. The molecular weight excluding hydrogens is 318 g/mol. The van der Waals surface area contributed by atoms with E-state index in [1.165, 1.54) is 6.92 Å². The number of rotatable bonds is 4. The second-order valence-electron chi connectivity index (χ2n) is 6.03. The van der Waals surface area contributed by atoms with Crippen LogP contribution in [0.4, 0.5) is 5.69 Å². The fourth-order valence-corrected chi connectivity index (χ4v) is 3.13. The molecule has 1 amide bonds. The number of aryl methyl sites for hydroxylation is 1. The molecule has 0 saturated carbocycles. The zero-order valence-electron chi connectivity index (χ0n) is 14.7. The third kappa shape index (κ3) is 3.22. The minimum Gasteiger partial charge on any atom is -0.493 e. The minimum atomic E-state index is -0.109. The highest BCUT2D eigenvalue weighted by molar-refractivity contribution is 6.08. The van der Waals surface area contributed by atoms with Gasteiger partial charge in [0.15, 0.2) is 17.3 Å². The molecule has 0 spiro atoms. The Balaban J connectivity index is 1.99. The number of hydrogen-bond acceptors (Lipinski definition) is 4. The van der Waals surface area contributed by atoms with Crippen molar-refractivity contribution >= 4 is 17.4 Å². The molecule has 5 nitrogen and oxygen atoms in total. The number of ketones is 1. The lowest BCUT2D eigenvalue weighted by atomic mass is 9.97. The smallest absolute Gasteiger partial charge is 0.258 e. The Bertz CT molecular complexity index is 828. The molecule has 1 aliphatic rings. The van der Waals surface area contributed by atoms with Crippen LogP contribution in [0.1, 0.15) is 39.6 Å². The van der Waals surface area contributed by atoms with E-state index in [0.29, 0.717) is 29.2 Å². The fraction of sp³-hybridized carbons (Fsp3) is 0.300. The fourth-order valence-electron chi connectivity index (χ4n) is 3.13. The number of amides is 1. The molecule has 2 aromatic carbocycles. The zero-order chi connectivity index (χ0) is 18.0. The van der Waals surface area contributed by atoms with Gasteiger partial charge in [0, 0.05) is 23.4 Å². The maximum absolute atomic E-state index is 13.1. The van der Waals surface area contributed by atoms with Crippen LogP contribution in [0.3, 0.4) is 0 Å². The van der Waals surface area contributed by atoms with Gasteiger partial charge in [-0.15, -0.1) is 0 Å². The topological polar surface area (TPSA) is 55.8 Å². The Morgan fingerprint density at radius 2 is 1.68 bits per heavy atom. The van der Waals surface area contributed by atoms with Crippen molar-refractivity contribution in [1.29, 1.82) is 0 Å². The normalized spacial score (nSPS) is 13.2. The number of methoxy groups -OCH3 is 2. The maximum Gasteiger partial charge on any atom is 0.258 e. The molecular formula is C20H21NO4. The van der Waals surface area contributed by atoms with Crippen molar-refractivity contribution < 1.29 is 19.1 Å². The first kappa shape index (κ1) is 17.0. The lowest BCUT2D eigenvalue weighted by Gasteiger charge is -2.30. The van der Waals surface area contributed by atoms with Crippen molar-refractivity contribution in [3.05, 3.63) is 53.1 Å². The summed E-state index contributed by atoms with van der Waals surface area (Å²) >= 11 is 0. The molecule has 0 saturated heterocycles. The molecule has 2 aromatic rings. The third-order valence-electron chi connectivity index (χ3n) is 4.49.